The van der Waals surface area contributed by atoms with Crippen LogP contribution in [0.5, 0.6) is 0 Å². The van der Waals surface area contributed by atoms with Crippen LogP contribution in [0.3, 0.4) is 0 Å². The first-order valence-electron chi connectivity index (χ1n) is 10.1. The van der Waals surface area contributed by atoms with E-state index in [1.807, 2.05) is 20.8 Å². The quantitative estimate of drug-likeness (QED) is 0.210. The van der Waals surface area contributed by atoms with Crippen molar-refractivity contribution in [3.05, 3.63) is 0 Å². The van der Waals surface area contributed by atoms with Gasteiger partial charge in [-0.25, -0.2) is 0 Å². The fourth-order valence-corrected chi connectivity index (χ4v) is 2.93. The summed E-state index contributed by atoms with van der Waals surface area (Å²) in [6, 6.07) is 0.318. The number of carbonyl (C=O) groups is 2. The van der Waals surface area contributed by atoms with Crippen molar-refractivity contribution in [2.75, 3.05) is 46.3 Å². The van der Waals surface area contributed by atoms with Crippen LogP contribution in [0.25, 0.3) is 0 Å². The Morgan fingerprint density at radius 2 is 1.75 bits per heavy atom. The average molecular weight is 510 g/mol. The van der Waals surface area contributed by atoms with Gasteiger partial charge in [0.1, 0.15) is 0 Å². The number of aliphatic imine (C=N–C) groups is 1. The Morgan fingerprint density at radius 3 is 2.29 bits per heavy atom. The number of hydrogen-bond donors (Lipinski definition) is 4. The lowest BCUT2D eigenvalue weighted by Crippen LogP contribution is -2.52. The molecule has 1 fully saturated rings. The van der Waals surface area contributed by atoms with Gasteiger partial charge in [-0.15, -0.1) is 24.0 Å². The lowest BCUT2D eigenvalue weighted by atomic mass is 9.92. The molecule has 0 unspecified atom stereocenters. The number of rotatable bonds is 9. The molecule has 0 aromatic carbocycles. The summed E-state index contributed by atoms with van der Waals surface area (Å²) in [6.45, 7) is 11.9. The number of nitrogens with zero attached hydrogens (tertiary/aromatic N) is 2. The van der Waals surface area contributed by atoms with Gasteiger partial charge in [-0.1, -0.05) is 6.92 Å². The molecule has 2 amide bonds. The molecule has 9 heteroatoms. The zero-order valence-electron chi connectivity index (χ0n) is 18.1. The number of likely N-dealkylation sites (tertiary alicyclic amines) is 1. The van der Waals surface area contributed by atoms with Gasteiger partial charge in [0.25, 0.3) is 0 Å². The molecule has 1 aliphatic heterocycles. The fourth-order valence-electron chi connectivity index (χ4n) is 2.93. The molecule has 0 bridgehead atoms. The summed E-state index contributed by atoms with van der Waals surface area (Å²) in [4.78, 5) is 30.4. The molecule has 0 aliphatic carbocycles. The van der Waals surface area contributed by atoms with Gasteiger partial charge in [0.15, 0.2) is 5.96 Å². The van der Waals surface area contributed by atoms with Gasteiger partial charge in [0.2, 0.25) is 11.8 Å². The maximum atomic E-state index is 12.1. The summed E-state index contributed by atoms with van der Waals surface area (Å²) in [6.07, 6.45) is 2.88. The first-order valence-corrected chi connectivity index (χ1v) is 10.1. The van der Waals surface area contributed by atoms with Gasteiger partial charge >= 0.3 is 0 Å². The van der Waals surface area contributed by atoms with E-state index in [4.69, 9.17) is 0 Å². The Hall–Kier alpha value is -1.10. The minimum atomic E-state index is -0.511. The first kappa shape index (κ1) is 26.9. The summed E-state index contributed by atoms with van der Waals surface area (Å²) in [5.74, 6) is 0.849. The molecular formula is C19H39IN6O2. The number of piperidine rings is 1. The van der Waals surface area contributed by atoms with Gasteiger partial charge in [-0.05, 0) is 40.0 Å². The van der Waals surface area contributed by atoms with Crippen molar-refractivity contribution in [1.29, 1.82) is 0 Å². The summed E-state index contributed by atoms with van der Waals surface area (Å²) >= 11 is 0. The second kappa shape index (κ2) is 14.0. The van der Waals surface area contributed by atoms with Gasteiger partial charge in [-0.3, -0.25) is 19.5 Å². The van der Waals surface area contributed by atoms with E-state index in [2.05, 4.69) is 38.1 Å². The van der Waals surface area contributed by atoms with E-state index in [-0.39, 0.29) is 35.8 Å². The van der Waals surface area contributed by atoms with E-state index < -0.39 is 5.41 Å². The number of amides is 2. The number of halogens is 1. The normalized spacial score (nSPS) is 16.1. The molecule has 164 valence electrons. The van der Waals surface area contributed by atoms with Crippen molar-refractivity contribution in [3.63, 3.8) is 0 Å². The largest absolute Gasteiger partial charge is 0.356 e. The molecule has 0 radical (unpaired) electrons. The first-order chi connectivity index (χ1) is 12.8. The predicted molar refractivity (Wildman–Crippen MR) is 125 cm³/mol. The van der Waals surface area contributed by atoms with E-state index in [1.54, 1.807) is 7.05 Å². The highest BCUT2D eigenvalue weighted by Gasteiger charge is 2.28. The molecule has 0 aromatic rings. The topological polar surface area (TPSA) is 97.9 Å². The molecule has 0 spiro atoms. The van der Waals surface area contributed by atoms with Gasteiger partial charge in [0, 0.05) is 45.8 Å². The highest BCUT2D eigenvalue weighted by atomic mass is 127. The van der Waals surface area contributed by atoms with Crippen molar-refractivity contribution in [1.82, 2.24) is 26.2 Å². The molecule has 1 saturated heterocycles. The molecule has 0 saturated carbocycles. The van der Waals surface area contributed by atoms with Crippen LogP contribution in [0.4, 0.5) is 0 Å². The second-order valence-electron chi connectivity index (χ2n) is 7.71. The van der Waals surface area contributed by atoms with Crippen molar-refractivity contribution < 1.29 is 9.59 Å². The average Bonchev–Trinajstić information content (AvgIpc) is 2.65. The standard InChI is InChI=1S/C19H38N6O2.HI/c1-6-10-22-16(26)13-25-11-8-15(9-12-25)24-18(20-5)23-14-19(3,4)17(27)21-7-2;/h15H,6-14H2,1-5H3,(H,21,27)(H,22,26)(H2,20,23,24);1H. The monoisotopic (exact) mass is 510 g/mol. The third-order valence-corrected chi connectivity index (χ3v) is 4.74. The zero-order valence-corrected chi connectivity index (χ0v) is 20.4. The van der Waals surface area contributed by atoms with Crippen molar-refractivity contribution in [2.24, 2.45) is 10.4 Å². The molecule has 1 rings (SSSR count). The van der Waals surface area contributed by atoms with Crippen LogP contribution in [0.1, 0.15) is 47.0 Å². The summed E-state index contributed by atoms with van der Waals surface area (Å²) < 4.78 is 0. The number of nitrogens with one attached hydrogen (secondary N) is 4. The number of hydrogen-bond acceptors (Lipinski definition) is 4. The Balaban J connectivity index is 0.00000729. The summed E-state index contributed by atoms with van der Waals surface area (Å²) in [7, 11) is 1.74. The van der Waals surface area contributed by atoms with E-state index in [1.165, 1.54) is 0 Å². The van der Waals surface area contributed by atoms with Crippen molar-refractivity contribution in [3.8, 4) is 0 Å². The van der Waals surface area contributed by atoms with Gasteiger partial charge in [-0.2, -0.15) is 0 Å². The Bertz CT molecular complexity index is 505. The summed E-state index contributed by atoms with van der Waals surface area (Å²) in [5.41, 5.74) is -0.511. The van der Waals surface area contributed by atoms with Gasteiger partial charge < -0.3 is 21.3 Å². The lowest BCUT2D eigenvalue weighted by Gasteiger charge is -2.33. The molecule has 4 N–H and O–H groups in total. The molecule has 1 heterocycles. The predicted octanol–water partition coefficient (Wildman–Crippen LogP) is 0.922. The molecule has 28 heavy (non-hydrogen) atoms. The fraction of sp³-hybridized carbons (Fsp3) is 0.842. The third kappa shape index (κ3) is 9.90. The van der Waals surface area contributed by atoms with Crippen LogP contribution in [0.2, 0.25) is 0 Å². The summed E-state index contributed by atoms with van der Waals surface area (Å²) in [5, 5.41) is 12.5. The van der Waals surface area contributed by atoms with Crippen LogP contribution in [0, 0.1) is 5.41 Å². The molecule has 1 aliphatic rings. The van der Waals surface area contributed by atoms with E-state index in [0.717, 1.165) is 38.9 Å². The SMILES string of the molecule is CCCNC(=O)CN1CCC(NC(=NC)NCC(C)(C)C(=O)NCC)CC1.I. The second-order valence-corrected chi connectivity index (χ2v) is 7.71. The minimum Gasteiger partial charge on any atom is -0.356 e. The van der Waals surface area contributed by atoms with E-state index in [9.17, 15) is 9.59 Å². The smallest absolute Gasteiger partial charge is 0.234 e. The van der Waals surface area contributed by atoms with Crippen molar-refractivity contribution in [2.45, 2.75) is 53.0 Å². The van der Waals surface area contributed by atoms with E-state index >= 15 is 0 Å². The lowest BCUT2D eigenvalue weighted by molar-refractivity contribution is -0.129. The molecule has 8 nitrogen and oxygen atoms in total. The minimum absolute atomic E-state index is 0. The Morgan fingerprint density at radius 1 is 1.11 bits per heavy atom. The molecule has 0 aromatic heterocycles. The van der Waals surface area contributed by atoms with E-state index in [0.29, 0.717) is 31.6 Å². The molecule has 0 atom stereocenters. The van der Waals surface area contributed by atoms with Crippen molar-refractivity contribution >= 4 is 41.8 Å². The highest BCUT2D eigenvalue weighted by molar-refractivity contribution is 14.0. The zero-order chi connectivity index (χ0) is 20.3. The van der Waals surface area contributed by atoms with Crippen LogP contribution in [-0.2, 0) is 9.59 Å². The molecular weight excluding hydrogens is 471 g/mol. The highest BCUT2D eigenvalue weighted by Crippen LogP contribution is 2.14. The number of guanidine groups is 1. The number of carbonyl (C=O) groups excluding carboxylic acids is 2. The van der Waals surface area contributed by atoms with Crippen LogP contribution < -0.4 is 21.3 Å². The van der Waals surface area contributed by atoms with Crippen LogP contribution >= 0.6 is 24.0 Å². The Labute approximate surface area is 187 Å². The van der Waals surface area contributed by atoms with Crippen LogP contribution in [-0.4, -0.2) is 75.0 Å². The third-order valence-electron chi connectivity index (χ3n) is 4.74. The maximum Gasteiger partial charge on any atom is 0.234 e. The Kier molecular flexibility index (Phi) is 13.4. The maximum absolute atomic E-state index is 12.1. The van der Waals surface area contributed by atoms with Crippen LogP contribution in [0.15, 0.2) is 4.99 Å². The van der Waals surface area contributed by atoms with Gasteiger partial charge in [0.05, 0.1) is 12.0 Å².